The van der Waals surface area contributed by atoms with Crippen LogP contribution in [-0.2, 0) is 14.8 Å². The van der Waals surface area contributed by atoms with Gasteiger partial charge in [-0.3, -0.25) is 9.59 Å². The summed E-state index contributed by atoms with van der Waals surface area (Å²) in [6.07, 6.45) is 0. The third-order valence-corrected chi connectivity index (χ3v) is 8.75. The largest absolute Gasteiger partial charge is 0.365 e. The maximum Gasteiger partial charge on any atom is 0.252 e. The second-order valence-corrected chi connectivity index (χ2v) is 11.5. The van der Waals surface area contributed by atoms with Crippen LogP contribution in [0.1, 0.15) is 15.2 Å². The van der Waals surface area contributed by atoms with E-state index in [0.717, 1.165) is 26.1 Å². The first kappa shape index (κ1) is 22.4. The molecule has 0 fully saturated rings. The Bertz CT molecular complexity index is 1200. The number of hydrogen-bond donors (Lipinski definition) is 2. The predicted octanol–water partition coefficient (Wildman–Crippen LogP) is 3.80. The highest BCUT2D eigenvalue weighted by molar-refractivity contribution is 7.91. The predicted molar refractivity (Wildman–Crippen MR) is 121 cm³/mol. The number of primary amides is 1. The molecular formula is C19H18ClN3O4S3. The number of aryl methyl sites for hydroxylation is 1. The van der Waals surface area contributed by atoms with Gasteiger partial charge in [0.1, 0.15) is 9.21 Å². The van der Waals surface area contributed by atoms with Gasteiger partial charge in [0.15, 0.2) is 0 Å². The number of halogens is 1. The van der Waals surface area contributed by atoms with Crippen LogP contribution in [0.4, 0.5) is 5.00 Å². The van der Waals surface area contributed by atoms with E-state index in [9.17, 15) is 18.0 Å². The van der Waals surface area contributed by atoms with Crippen LogP contribution in [0.15, 0.2) is 46.7 Å². The Hall–Kier alpha value is -2.24. The number of anilines is 1. The molecule has 3 N–H and O–H groups in total. The van der Waals surface area contributed by atoms with Crippen molar-refractivity contribution in [3.63, 3.8) is 0 Å². The van der Waals surface area contributed by atoms with Gasteiger partial charge in [0.25, 0.3) is 15.9 Å². The van der Waals surface area contributed by atoms with E-state index in [1.807, 2.05) is 37.3 Å². The van der Waals surface area contributed by atoms with Gasteiger partial charge >= 0.3 is 0 Å². The fourth-order valence-corrected chi connectivity index (χ4v) is 6.78. The molecule has 2 aromatic heterocycles. The fourth-order valence-electron chi connectivity index (χ4n) is 2.86. The third-order valence-electron chi connectivity index (χ3n) is 4.23. The Morgan fingerprint density at radius 1 is 1.13 bits per heavy atom. The molecule has 0 unspecified atom stereocenters. The van der Waals surface area contributed by atoms with Crippen LogP contribution in [0.2, 0.25) is 4.34 Å². The normalized spacial score (nSPS) is 11.6. The molecule has 1 aromatic carbocycles. The molecule has 0 atom stereocenters. The average Bonchev–Trinajstić information content (AvgIpc) is 3.25. The van der Waals surface area contributed by atoms with Gasteiger partial charge in [0.05, 0.1) is 16.4 Å². The van der Waals surface area contributed by atoms with Gasteiger partial charge in [-0.25, -0.2) is 8.42 Å². The molecule has 0 spiro atoms. The number of carbonyl (C=O) groups excluding carboxylic acids is 2. The molecule has 0 aliphatic heterocycles. The number of sulfonamides is 1. The Labute approximate surface area is 187 Å². The van der Waals surface area contributed by atoms with Crippen LogP contribution >= 0.6 is 34.3 Å². The minimum absolute atomic E-state index is 0.0407. The molecule has 0 saturated carbocycles. The minimum atomic E-state index is -3.86. The summed E-state index contributed by atoms with van der Waals surface area (Å²) in [7, 11) is -2.56. The summed E-state index contributed by atoms with van der Waals surface area (Å²) in [5, 5.41) is 2.92. The lowest BCUT2D eigenvalue weighted by atomic mass is 10.0. The smallest absolute Gasteiger partial charge is 0.252 e. The molecule has 0 saturated heterocycles. The summed E-state index contributed by atoms with van der Waals surface area (Å²) in [4.78, 5) is 25.5. The number of amides is 2. The first-order valence-electron chi connectivity index (χ1n) is 8.61. The van der Waals surface area contributed by atoms with Crippen LogP contribution < -0.4 is 11.1 Å². The Morgan fingerprint density at radius 2 is 1.80 bits per heavy atom. The number of nitrogens with one attached hydrogen (secondary N) is 1. The maximum atomic E-state index is 12.6. The van der Waals surface area contributed by atoms with Crippen molar-refractivity contribution in [2.24, 2.45) is 5.73 Å². The lowest BCUT2D eigenvalue weighted by Gasteiger charge is -2.15. The van der Waals surface area contributed by atoms with E-state index >= 15 is 0 Å². The molecule has 2 amide bonds. The van der Waals surface area contributed by atoms with Gasteiger partial charge in [0.2, 0.25) is 5.91 Å². The summed E-state index contributed by atoms with van der Waals surface area (Å²) in [5.74, 6) is -1.27. The molecule has 0 aliphatic carbocycles. The van der Waals surface area contributed by atoms with Crippen LogP contribution in [0.5, 0.6) is 0 Å². The Balaban J connectivity index is 1.84. The molecule has 3 aromatic rings. The summed E-state index contributed by atoms with van der Waals surface area (Å²) < 4.78 is 26.5. The number of nitrogens with zero attached hydrogens (tertiary/aromatic N) is 1. The molecule has 2 heterocycles. The highest BCUT2D eigenvalue weighted by atomic mass is 35.5. The number of thiophene rings is 2. The number of rotatable bonds is 7. The number of nitrogens with two attached hydrogens (primary N) is 1. The van der Waals surface area contributed by atoms with E-state index in [2.05, 4.69) is 5.32 Å². The Morgan fingerprint density at radius 3 is 2.37 bits per heavy atom. The molecule has 11 heteroatoms. The molecule has 7 nitrogen and oxygen atoms in total. The van der Waals surface area contributed by atoms with Crippen molar-refractivity contribution in [1.82, 2.24) is 4.31 Å². The van der Waals surface area contributed by atoms with Gasteiger partial charge in [-0.1, -0.05) is 41.9 Å². The average molecular weight is 484 g/mol. The van der Waals surface area contributed by atoms with E-state index in [1.165, 1.54) is 30.5 Å². The quantitative estimate of drug-likeness (QED) is 0.532. The first-order chi connectivity index (χ1) is 14.1. The number of carbonyl (C=O) groups is 2. The van der Waals surface area contributed by atoms with E-state index < -0.39 is 28.4 Å². The van der Waals surface area contributed by atoms with Crippen molar-refractivity contribution in [1.29, 1.82) is 0 Å². The van der Waals surface area contributed by atoms with Gasteiger partial charge < -0.3 is 11.1 Å². The van der Waals surface area contributed by atoms with Crippen molar-refractivity contribution in [2.75, 3.05) is 18.9 Å². The van der Waals surface area contributed by atoms with Crippen molar-refractivity contribution < 1.29 is 18.0 Å². The van der Waals surface area contributed by atoms with Crippen LogP contribution in [0.25, 0.3) is 11.1 Å². The van der Waals surface area contributed by atoms with Crippen molar-refractivity contribution >= 4 is 61.1 Å². The first-order valence-corrected chi connectivity index (χ1v) is 12.1. The van der Waals surface area contributed by atoms with Crippen LogP contribution in [0.3, 0.4) is 0 Å². The van der Waals surface area contributed by atoms with Crippen LogP contribution in [-0.4, -0.2) is 38.1 Å². The molecule has 158 valence electrons. The lowest BCUT2D eigenvalue weighted by Crippen LogP contribution is -2.34. The van der Waals surface area contributed by atoms with Gasteiger partial charge in [-0.2, -0.15) is 4.31 Å². The minimum Gasteiger partial charge on any atom is -0.365 e. The summed E-state index contributed by atoms with van der Waals surface area (Å²) in [6.45, 7) is 1.39. The summed E-state index contributed by atoms with van der Waals surface area (Å²) in [5.41, 5.74) is 7.24. The van der Waals surface area contributed by atoms with Gasteiger partial charge in [-0.05, 0) is 24.6 Å². The van der Waals surface area contributed by atoms with Gasteiger partial charge in [-0.15, -0.1) is 22.7 Å². The second kappa shape index (κ2) is 8.86. The van der Waals surface area contributed by atoms with E-state index in [1.54, 1.807) is 0 Å². The summed E-state index contributed by atoms with van der Waals surface area (Å²) >= 11 is 7.93. The van der Waals surface area contributed by atoms with Crippen molar-refractivity contribution in [2.45, 2.75) is 11.1 Å². The van der Waals surface area contributed by atoms with Crippen LogP contribution in [0, 0.1) is 6.92 Å². The van der Waals surface area contributed by atoms with Crippen molar-refractivity contribution in [3.8, 4) is 11.1 Å². The molecular weight excluding hydrogens is 466 g/mol. The zero-order valence-corrected chi connectivity index (χ0v) is 19.2. The zero-order valence-electron chi connectivity index (χ0n) is 16.0. The maximum absolute atomic E-state index is 12.6. The SMILES string of the molecule is Cc1sc(NC(=O)CN(C)S(=O)(=O)c2ccc(Cl)s2)c(C(N)=O)c1-c1ccccc1. The number of likely N-dealkylation sites (N-methyl/N-ethyl adjacent to an activating group) is 1. The molecule has 0 aliphatic rings. The zero-order chi connectivity index (χ0) is 22.1. The highest BCUT2D eigenvalue weighted by Crippen LogP contribution is 2.39. The highest BCUT2D eigenvalue weighted by Gasteiger charge is 2.27. The van der Waals surface area contributed by atoms with Crippen molar-refractivity contribution in [3.05, 3.63) is 57.2 Å². The monoisotopic (exact) mass is 483 g/mol. The molecule has 30 heavy (non-hydrogen) atoms. The Kier molecular flexibility index (Phi) is 6.63. The third kappa shape index (κ3) is 4.57. The molecule has 0 radical (unpaired) electrons. The fraction of sp³-hybridized carbons (Fsp3) is 0.158. The van der Waals surface area contributed by atoms with E-state index in [0.29, 0.717) is 9.90 Å². The second-order valence-electron chi connectivity index (χ2n) is 6.34. The number of benzene rings is 1. The molecule has 3 rings (SSSR count). The summed E-state index contributed by atoms with van der Waals surface area (Å²) in [6, 6.07) is 12.1. The molecule has 0 bridgehead atoms. The lowest BCUT2D eigenvalue weighted by molar-refractivity contribution is -0.116. The standard InChI is InChI=1S/C19H18ClN3O4S3/c1-11-16(12-6-4-3-5-7-12)17(18(21)25)19(28-11)22-14(24)10-23(2)30(26,27)15-9-8-13(20)29-15/h3-9H,10H2,1-2H3,(H2,21,25)(H,22,24). The van der Waals surface area contributed by atoms with Gasteiger partial charge in [0, 0.05) is 17.5 Å². The van der Waals surface area contributed by atoms with E-state index in [-0.39, 0.29) is 14.8 Å². The number of hydrogen-bond acceptors (Lipinski definition) is 6. The topological polar surface area (TPSA) is 110 Å². The van der Waals surface area contributed by atoms with E-state index in [4.69, 9.17) is 17.3 Å².